The number of amides is 1. The molecule has 1 saturated heterocycles. The van der Waals surface area contributed by atoms with Crippen LogP contribution in [0.1, 0.15) is 31.7 Å². The van der Waals surface area contributed by atoms with Crippen molar-refractivity contribution in [3.63, 3.8) is 0 Å². The summed E-state index contributed by atoms with van der Waals surface area (Å²) in [5.41, 5.74) is 2.59. The van der Waals surface area contributed by atoms with Crippen LogP contribution in [0.25, 0.3) is 6.08 Å². The van der Waals surface area contributed by atoms with E-state index in [1.165, 1.54) is 11.1 Å². The van der Waals surface area contributed by atoms with Crippen LogP contribution >= 0.6 is 0 Å². The maximum absolute atomic E-state index is 12.2. The summed E-state index contributed by atoms with van der Waals surface area (Å²) >= 11 is 0. The number of rotatable bonds is 8. The van der Waals surface area contributed by atoms with Crippen molar-refractivity contribution in [3.8, 4) is 0 Å². The van der Waals surface area contributed by atoms with Crippen LogP contribution < -0.4 is 5.32 Å². The monoisotopic (exact) mass is 329 g/mol. The molecule has 0 spiro atoms. The van der Waals surface area contributed by atoms with E-state index in [9.17, 15) is 4.79 Å². The number of hydrogen-bond donors (Lipinski definition) is 1. The number of nitrogens with one attached hydrogen (secondary N) is 1. The molecule has 132 valence electrons. The van der Waals surface area contributed by atoms with Crippen molar-refractivity contribution in [2.75, 3.05) is 40.3 Å². The highest BCUT2D eigenvalue weighted by atomic mass is 16.2. The Morgan fingerprint density at radius 1 is 1.33 bits per heavy atom. The number of benzene rings is 1. The second-order valence-electron chi connectivity index (χ2n) is 6.86. The molecule has 1 aromatic carbocycles. The van der Waals surface area contributed by atoms with E-state index in [-0.39, 0.29) is 11.9 Å². The molecule has 1 heterocycles. The Hall–Kier alpha value is -1.65. The molecule has 1 fully saturated rings. The number of carbonyl (C=O) groups is 1. The van der Waals surface area contributed by atoms with Gasteiger partial charge in [0.15, 0.2) is 0 Å². The second-order valence-corrected chi connectivity index (χ2v) is 6.86. The van der Waals surface area contributed by atoms with Crippen LogP contribution in [0, 0.1) is 0 Å². The molecule has 1 aliphatic heterocycles. The van der Waals surface area contributed by atoms with Gasteiger partial charge >= 0.3 is 0 Å². The Labute approximate surface area is 146 Å². The molecule has 1 N–H and O–H groups in total. The van der Waals surface area contributed by atoms with E-state index in [0.29, 0.717) is 0 Å². The average molecular weight is 329 g/mol. The molecule has 4 heteroatoms. The second kappa shape index (κ2) is 9.60. The van der Waals surface area contributed by atoms with Gasteiger partial charge < -0.3 is 10.2 Å². The lowest BCUT2D eigenvalue weighted by atomic mass is 10.1. The summed E-state index contributed by atoms with van der Waals surface area (Å²) in [4.78, 5) is 16.2. The fourth-order valence-corrected chi connectivity index (χ4v) is 3.25. The predicted molar refractivity (Wildman–Crippen MR) is 101 cm³/mol. The van der Waals surface area contributed by atoms with Crippen LogP contribution in [0.5, 0.6) is 0 Å². The topological polar surface area (TPSA) is 35.6 Å². The number of carbonyl (C=O) groups excluding carboxylic acids is 1. The highest BCUT2D eigenvalue weighted by Gasteiger charge is 2.30. The molecule has 0 aliphatic carbocycles. The summed E-state index contributed by atoms with van der Waals surface area (Å²) < 4.78 is 0. The van der Waals surface area contributed by atoms with Crippen molar-refractivity contribution in [1.29, 1.82) is 0 Å². The molecule has 24 heavy (non-hydrogen) atoms. The molecule has 1 aliphatic rings. The van der Waals surface area contributed by atoms with Crippen molar-refractivity contribution >= 4 is 12.0 Å². The van der Waals surface area contributed by atoms with Crippen molar-refractivity contribution < 1.29 is 4.79 Å². The van der Waals surface area contributed by atoms with E-state index in [2.05, 4.69) is 47.5 Å². The molecule has 4 nitrogen and oxygen atoms in total. The summed E-state index contributed by atoms with van der Waals surface area (Å²) in [6.07, 6.45) is 5.44. The Balaban J connectivity index is 1.66. The zero-order chi connectivity index (χ0) is 17.4. The van der Waals surface area contributed by atoms with Gasteiger partial charge in [-0.05, 0) is 44.8 Å². The third-order valence-electron chi connectivity index (χ3n) is 4.50. The molecule has 1 atom stereocenters. The highest BCUT2D eigenvalue weighted by molar-refractivity contribution is 5.81. The van der Waals surface area contributed by atoms with Crippen LogP contribution in [0.4, 0.5) is 0 Å². The van der Waals surface area contributed by atoms with Crippen molar-refractivity contribution in [3.05, 3.63) is 41.5 Å². The quantitative estimate of drug-likeness (QED) is 0.745. The van der Waals surface area contributed by atoms with Crippen LogP contribution in [0.3, 0.4) is 0 Å². The normalized spacial score (nSPS) is 18.8. The van der Waals surface area contributed by atoms with Gasteiger partial charge in [0, 0.05) is 27.2 Å². The Kier molecular flexibility index (Phi) is 7.47. The van der Waals surface area contributed by atoms with E-state index in [0.717, 1.165) is 45.4 Å². The Morgan fingerprint density at radius 3 is 2.79 bits per heavy atom. The summed E-state index contributed by atoms with van der Waals surface area (Å²) in [5.74, 6) is 0.252. The largest absolute Gasteiger partial charge is 0.347 e. The maximum atomic E-state index is 12.2. The molecule has 1 unspecified atom stereocenters. The van der Waals surface area contributed by atoms with Gasteiger partial charge in [0.25, 0.3) is 0 Å². The van der Waals surface area contributed by atoms with E-state index in [1.54, 1.807) is 4.90 Å². The first-order valence-electron chi connectivity index (χ1n) is 8.96. The number of likely N-dealkylation sites (tertiary alicyclic amines) is 1. The lowest BCUT2D eigenvalue weighted by molar-refractivity contribution is -0.133. The minimum atomic E-state index is 0.0970. The van der Waals surface area contributed by atoms with Crippen LogP contribution in [0.15, 0.2) is 35.9 Å². The van der Waals surface area contributed by atoms with Crippen molar-refractivity contribution in [1.82, 2.24) is 15.1 Å². The summed E-state index contributed by atoms with van der Waals surface area (Å²) in [5, 5.41) is 3.51. The van der Waals surface area contributed by atoms with Gasteiger partial charge in [0.2, 0.25) is 5.91 Å². The third kappa shape index (κ3) is 5.77. The molecular weight excluding hydrogens is 298 g/mol. The molecule has 0 radical (unpaired) electrons. The van der Waals surface area contributed by atoms with Crippen LogP contribution in [-0.4, -0.2) is 62.0 Å². The van der Waals surface area contributed by atoms with Crippen molar-refractivity contribution in [2.24, 2.45) is 0 Å². The molecule has 0 aromatic heterocycles. The lowest BCUT2D eigenvalue weighted by Gasteiger charge is -2.26. The minimum absolute atomic E-state index is 0.0970. The Bertz CT molecular complexity index is 539. The fraction of sp³-hybridized carbons (Fsp3) is 0.550. The number of likely N-dealkylation sites (N-methyl/N-ethyl adjacent to an activating group) is 1. The Morgan fingerprint density at radius 2 is 2.08 bits per heavy atom. The van der Waals surface area contributed by atoms with E-state index in [1.807, 2.05) is 20.2 Å². The molecule has 2 rings (SSSR count). The molecule has 0 bridgehead atoms. The van der Waals surface area contributed by atoms with Gasteiger partial charge in [0.05, 0.1) is 6.04 Å². The van der Waals surface area contributed by atoms with Gasteiger partial charge in [-0.2, -0.15) is 0 Å². The van der Waals surface area contributed by atoms with Crippen LogP contribution in [0.2, 0.25) is 0 Å². The van der Waals surface area contributed by atoms with Gasteiger partial charge in [-0.25, -0.2) is 0 Å². The first kappa shape index (κ1) is 18.7. The molecule has 1 aromatic rings. The standard InChI is InChI=1S/C20H31N3O/c1-17(15-18-9-5-4-6-10-18)16-21-12-8-14-23-13-7-11-19(23)20(24)22(2)3/h4-6,9-10,15,19,21H,7-8,11-14,16H2,1-3H3/b17-15+. The zero-order valence-corrected chi connectivity index (χ0v) is 15.3. The number of nitrogens with zero attached hydrogens (tertiary/aromatic N) is 2. The minimum Gasteiger partial charge on any atom is -0.347 e. The van der Waals surface area contributed by atoms with Gasteiger partial charge in [0.1, 0.15) is 0 Å². The molecule has 1 amide bonds. The van der Waals surface area contributed by atoms with Gasteiger partial charge in [-0.3, -0.25) is 9.69 Å². The fourth-order valence-electron chi connectivity index (χ4n) is 3.25. The average Bonchev–Trinajstić information content (AvgIpc) is 3.03. The summed E-state index contributed by atoms with van der Waals surface area (Å²) in [7, 11) is 3.70. The predicted octanol–water partition coefficient (Wildman–Crippen LogP) is 2.62. The maximum Gasteiger partial charge on any atom is 0.239 e. The first-order chi connectivity index (χ1) is 11.6. The molecular formula is C20H31N3O. The summed E-state index contributed by atoms with van der Waals surface area (Å²) in [6.45, 7) is 6.11. The smallest absolute Gasteiger partial charge is 0.239 e. The van der Waals surface area contributed by atoms with Crippen LogP contribution in [-0.2, 0) is 4.79 Å². The highest BCUT2D eigenvalue weighted by Crippen LogP contribution is 2.18. The third-order valence-corrected chi connectivity index (χ3v) is 4.50. The SMILES string of the molecule is C/C(=C\c1ccccc1)CNCCCN1CCCC1C(=O)N(C)C. The van der Waals surface area contributed by atoms with Gasteiger partial charge in [-0.1, -0.05) is 42.0 Å². The molecule has 0 saturated carbocycles. The van der Waals surface area contributed by atoms with E-state index >= 15 is 0 Å². The summed E-state index contributed by atoms with van der Waals surface area (Å²) in [6, 6.07) is 10.5. The first-order valence-corrected chi connectivity index (χ1v) is 8.96. The van der Waals surface area contributed by atoms with Crippen molar-refractivity contribution in [2.45, 2.75) is 32.2 Å². The lowest BCUT2D eigenvalue weighted by Crippen LogP contribution is -2.43. The zero-order valence-electron chi connectivity index (χ0n) is 15.3. The number of hydrogen-bond acceptors (Lipinski definition) is 3. The van der Waals surface area contributed by atoms with Gasteiger partial charge in [-0.15, -0.1) is 0 Å². The van der Waals surface area contributed by atoms with E-state index < -0.39 is 0 Å². The van der Waals surface area contributed by atoms with E-state index in [4.69, 9.17) is 0 Å².